The molecule has 0 bridgehead atoms. The predicted molar refractivity (Wildman–Crippen MR) is 74.5 cm³/mol. The van der Waals surface area contributed by atoms with E-state index < -0.39 is 5.91 Å². The van der Waals surface area contributed by atoms with Gasteiger partial charge in [-0.1, -0.05) is 6.07 Å². The first-order valence-electron chi connectivity index (χ1n) is 7.11. The van der Waals surface area contributed by atoms with Gasteiger partial charge < -0.3 is 15.5 Å². The Morgan fingerprint density at radius 2 is 2.30 bits per heavy atom. The van der Waals surface area contributed by atoms with Gasteiger partial charge in [0.25, 0.3) is 5.91 Å². The molecule has 2 aromatic rings. The molecule has 2 aliphatic rings. The van der Waals surface area contributed by atoms with E-state index in [1.54, 1.807) is 12.1 Å². The number of para-hydroxylation sites is 1. The molecule has 1 aromatic heterocycles. The lowest BCUT2D eigenvalue weighted by Crippen LogP contribution is -2.39. The minimum Gasteiger partial charge on any atom is -0.440 e. The van der Waals surface area contributed by atoms with Gasteiger partial charge in [-0.25, -0.2) is 4.98 Å². The summed E-state index contributed by atoms with van der Waals surface area (Å²) < 4.78 is 5.87. The summed E-state index contributed by atoms with van der Waals surface area (Å²) in [6, 6.07) is 5.32. The van der Waals surface area contributed by atoms with Crippen LogP contribution in [0.4, 0.5) is 0 Å². The summed E-state index contributed by atoms with van der Waals surface area (Å²) in [6.45, 7) is 1.01. The molecule has 1 aliphatic heterocycles. The molecule has 20 heavy (non-hydrogen) atoms. The van der Waals surface area contributed by atoms with Crippen LogP contribution < -0.4 is 11.1 Å². The first-order chi connectivity index (χ1) is 9.67. The fourth-order valence-corrected chi connectivity index (χ4v) is 3.24. The van der Waals surface area contributed by atoms with Crippen molar-refractivity contribution in [3.05, 3.63) is 29.7 Å². The molecule has 1 atom stereocenters. The van der Waals surface area contributed by atoms with Crippen molar-refractivity contribution in [3.63, 3.8) is 0 Å². The number of nitrogens with two attached hydrogens (primary N) is 1. The van der Waals surface area contributed by atoms with Crippen LogP contribution in [0.1, 0.15) is 47.8 Å². The maximum atomic E-state index is 11.4. The quantitative estimate of drug-likeness (QED) is 0.874. The molecule has 1 amide bonds. The fraction of sp³-hybridized carbons (Fsp3) is 0.467. The van der Waals surface area contributed by atoms with Crippen LogP contribution in [-0.4, -0.2) is 23.0 Å². The van der Waals surface area contributed by atoms with E-state index in [9.17, 15) is 4.79 Å². The van der Waals surface area contributed by atoms with Crippen LogP contribution in [0.3, 0.4) is 0 Å². The highest BCUT2D eigenvalue weighted by atomic mass is 16.3. The van der Waals surface area contributed by atoms with Crippen molar-refractivity contribution < 1.29 is 9.21 Å². The Morgan fingerprint density at radius 3 is 3.05 bits per heavy atom. The minimum atomic E-state index is -0.459. The molecule has 1 saturated heterocycles. The van der Waals surface area contributed by atoms with Gasteiger partial charge in [-0.05, 0) is 44.4 Å². The second-order valence-corrected chi connectivity index (χ2v) is 5.97. The van der Waals surface area contributed by atoms with E-state index in [4.69, 9.17) is 10.2 Å². The average Bonchev–Trinajstić information content (AvgIpc) is 3.04. The smallest absolute Gasteiger partial charge is 0.251 e. The number of rotatable bonds is 2. The van der Waals surface area contributed by atoms with Gasteiger partial charge in [0, 0.05) is 11.5 Å². The van der Waals surface area contributed by atoms with Crippen molar-refractivity contribution in [3.8, 4) is 0 Å². The molecule has 0 radical (unpaired) electrons. The van der Waals surface area contributed by atoms with Crippen molar-refractivity contribution in [2.24, 2.45) is 5.73 Å². The molecule has 2 fully saturated rings. The van der Waals surface area contributed by atoms with Crippen molar-refractivity contribution in [2.75, 3.05) is 6.54 Å². The molecule has 1 saturated carbocycles. The number of carbonyl (C=O) groups is 1. The molecule has 104 valence electrons. The van der Waals surface area contributed by atoms with E-state index >= 15 is 0 Å². The molecule has 3 N–H and O–H groups in total. The Balaban J connectivity index is 1.73. The zero-order valence-electron chi connectivity index (χ0n) is 11.2. The maximum absolute atomic E-state index is 11.4. The topological polar surface area (TPSA) is 81.2 Å². The van der Waals surface area contributed by atoms with Crippen LogP contribution >= 0.6 is 0 Å². The highest BCUT2D eigenvalue weighted by molar-refractivity contribution is 6.03. The largest absolute Gasteiger partial charge is 0.440 e. The number of nitrogens with zero attached hydrogens (tertiary/aromatic N) is 1. The standard InChI is InChI=1S/C15H17N3O2/c16-13(19)10-2-1-3-11-12(10)18-14(20-11)9-4-7-17-15(8-9)5-6-15/h1-3,9,17H,4-8H2,(H2,16,19). The Morgan fingerprint density at radius 1 is 1.45 bits per heavy atom. The fourth-order valence-electron chi connectivity index (χ4n) is 3.24. The average molecular weight is 271 g/mol. The summed E-state index contributed by atoms with van der Waals surface area (Å²) in [5.41, 5.74) is 7.41. The number of nitrogens with one attached hydrogen (secondary N) is 1. The summed E-state index contributed by atoms with van der Waals surface area (Å²) in [7, 11) is 0. The van der Waals surface area contributed by atoms with Gasteiger partial charge in [0.15, 0.2) is 11.5 Å². The number of carbonyl (C=O) groups excluding carboxylic acids is 1. The number of piperidine rings is 1. The third-order valence-corrected chi connectivity index (χ3v) is 4.53. The van der Waals surface area contributed by atoms with E-state index in [-0.39, 0.29) is 0 Å². The lowest BCUT2D eigenvalue weighted by Gasteiger charge is -2.28. The lowest BCUT2D eigenvalue weighted by molar-refractivity contribution is 0.100. The zero-order valence-corrected chi connectivity index (χ0v) is 11.2. The molecule has 1 aliphatic carbocycles. The Bertz CT molecular complexity index is 687. The molecule has 5 heteroatoms. The number of amides is 1. The zero-order chi connectivity index (χ0) is 13.7. The summed E-state index contributed by atoms with van der Waals surface area (Å²) in [4.78, 5) is 16.0. The van der Waals surface area contributed by atoms with Crippen molar-refractivity contribution >= 4 is 17.0 Å². The van der Waals surface area contributed by atoms with E-state index in [1.807, 2.05) is 6.07 Å². The monoisotopic (exact) mass is 271 g/mol. The molecular formula is C15H17N3O2. The number of hydrogen-bond acceptors (Lipinski definition) is 4. The maximum Gasteiger partial charge on any atom is 0.251 e. The third-order valence-electron chi connectivity index (χ3n) is 4.53. The predicted octanol–water partition coefficient (Wildman–Crippen LogP) is 1.93. The van der Waals surface area contributed by atoms with E-state index in [0.717, 1.165) is 25.3 Å². The van der Waals surface area contributed by atoms with Gasteiger partial charge in [-0.15, -0.1) is 0 Å². The second kappa shape index (κ2) is 4.06. The number of aromatic nitrogens is 1. The third kappa shape index (κ3) is 1.81. The van der Waals surface area contributed by atoms with Gasteiger partial charge in [0.1, 0.15) is 5.52 Å². The Labute approximate surface area is 116 Å². The normalized spacial score (nSPS) is 24.1. The first kappa shape index (κ1) is 11.9. The number of oxazole rings is 1. The van der Waals surface area contributed by atoms with Gasteiger partial charge >= 0.3 is 0 Å². The van der Waals surface area contributed by atoms with Crippen molar-refractivity contribution in [1.82, 2.24) is 10.3 Å². The Hall–Kier alpha value is -1.88. The number of fused-ring (bicyclic) bond motifs is 1. The minimum absolute atomic E-state index is 0.329. The van der Waals surface area contributed by atoms with E-state index in [0.29, 0.717) is 28.1 Å². The summed E-state index contributed by atoms with van der Waals surface area (Å²) in [6.07, 6.45) is 4.60. The molecular weight excluding hydrogens is 254 g/mol. The van der Waals surface area contributed by atoms with Crippen molar-refractivity contribution in [2.45, 2.75) is 37.1 Å². The molecule has 2 heterocycles. The highest BCUT2D eigenvalue weighted by Gasteiger charge is 2.47. The SMILES string of the molecule is NC(=O)c1cccc2oc(C3CCNC4(CC4)C3)nc12. The van der Waals surface area contributed by atoms with E-state index in [2.05, 4.69) is 10.3 Å². The van der Waals surface area contributed by atoms with E-state index in [1.165, 1.54) is 12.8 Å². The number of hydrogen-bond donors (Lipinski definition) is 2. The van der Waals surface area contributed by atoms with Crippen LogP contribution in [0.25, 0.3) is 11.1 Å². The molecule has 4 rings (SSSR count). The highest BCUT2D eigenvalue weighted by Crippen LogP contribution is 2.47. The Kier molecular flexibility index (Phi) is 2.41. The molecule has 5 nitrogen and oxygen atoms in total. The number of benzene rings is 1. The van der Waals surface area contributed by atoms with Crippen molar-refractivity contribution in [1.29, 1.82) is 0 Å². The van der Waals surface area contributed by atoms with Crippen LogP contribution in [0.2, 0.25) is 0 Å². The lowest BCUT2D eigenvalue weighted by atomic mass is 9.91. The summed E-state index contributed by atoms with van der Waals surface area (Å²) in [5, 5.41) is 3.59. The van der Waals surface area contributed by atoms with Gasteiger partial charge in [0.2, 0.25) is 0 Å². The van der Waals surface area contributed by atoms with Gasteiger partial charge in [0.05, 0.1) is 5.56 Å². The number of primary amides is 1. The van der Waals surface area contributed by atoms with Gasteiger partial charge in [-0.3, -0.25) is 4.79 Å². The van der Waals surface area contributed by atoms with Gasteiger partial charge in [-0.2, -0.15) is 0 Å². The van der Waals surface area contributed by atoms with Crippen LogP contribution in [0, 0.1) is 0 Å². The molecule has 1 unspecified atom stereocenters. The first-order valence-corrected chi connectivity index (χ1v) is 7.11. The summed E-state index contributed by atoms with van der Waals surface area (Å²) >= 11 is 0. The summed E-state index contributed by atoms with van der Waals surface area (Å²) in [5.74, 6) is 0.632. The molecule has 1 spiro atoms. The molecule has 1 aromatic carbocycles. The van der Waals surface area contributed by atoms with Crippen LogP contribution in [-0.2, 0) is 0 Å². The van der Waals surface area contributed by atoms with Crippen LogP contribution in [0.5, 0.6) is 0 Å². The van der Waals surface area contributed by atoms with Crippen LogP contribution in [0.15, 0.2) is 22.6 Å². The second-order valence-electron chi connectivity index (χ2n) is 5.97.